The van der Waals surface area contributed by atoms with Crippen molar-refractivity contribution in [3.8, 4) is 0 Å². The first-order valence-corrected chi connectivity index (χ1v) is 8.45. The Hall–Kier alpha value is -1.00. The van der Waals surface area contributed by atoms with Gasteiger partial charge in [0.05, 0.1) is 5.92 Å². The van der Waals surface area contributed by atoms with E-state index in [0.29, 0.717) is 11.9 Å². The molecule has 2 unspecified atom stereocenters. The van der Waals surface area contributed by atoms with Gasteiger partial charge < -0.3 is 10.2 Å². The maximum atomic E-state index is 12.8. The highest BCUT2D eigenvalue weighted by atomic mass is 32.2. The molecule has 1 N–H and O–H groups in total. The number of amides is 1. The van der Waals surface area contributed by atoms with Crippen molar-refractivity contribution in [2.45, 2.75) is 36.1 Å². The fourth-order valence-electron chi connectivity index (χ4n) is 3.18. The summed E-state index contributed by atoms with van der Waals surface area (Å²) in [5, 5.41) is 3.41. The SMILES string of the molecule is CN(C(=O)C1CSc2ccccc21)C1CCCNCC1. The summed E-state index contributed by atoms with van der Waals surface area (Å²) in [6, 6.07) is 8.73. The molecule has 20 heavy (non-hydrogen) atoms. The predicted octanol–water partition coefficient (Wildman–Crippen LogP) is 2.48. The molecular formula is C16H22N2OS. The van der Waals surface area contributed by atoms with E-state index in [-0.39, 0.29) is 5.92 Å². The number of carbonyl (C=O) groups is 1. The van der Waals surface area contributed by atoms with Crippen molar-refractivity contribution in [1.29, 1.82) is 0 Å². The molecule has 2 heterocycles. The van der Waals surface area contributed by atoms with Crippen LogP contribution >= 0.6 is 11.8 Å². The molecule has 0 bridgehead atoms. The smallest absolute Gasteiger partial charge is 0.230 e. The third kappa shape index (κ3) is 2.72. The van der Waals surface area contributed by atoms with Gasteiger partial charge in [0.25, 0.3) is 0 Å². The summed E-state index contributed by atoms with van der Waals surface area (Å²) in [5.41, 5.74) is 1.22. The number of carbonyl (C=O) groups excluding carboxylic acids is 1. The summed E-state index contributed by atoms with van der Waals surface area (Å²) >= 11 is 1.81. The number of nitrogens with one attached hydrogen (secondary N) is 1. The number of fused-ring (bicyclic) bond motifs is 1. The molecule has 1 aromatic carbocycles. The van der Waals surface area contributed by atoms with Crippen LogP contribution in [0, 0.1) is 0 Å². The average Bonchev–Trinajstić information content (AvgIpc) is 2.72. The van der Waals surface area contributed by atoms with Crippen LogP contribution in [0.4, 0.5) is 0 Å². The van der Waals surface area contributed by atoms with Gasteiger partial charge in [-0.1, -0.05) is 18.2 Å². The van der Waals surface area contributed by atoms with Gasteiger partial charge >= 0.3 is 0 Å². The van der Waals surface area contributed by atoms with Crippen LogP contribution in [0.15, 0.2) is 29.2 Å². The summed E-state index contributed by atoms with van der Waals surface area (Å²) in [5.74, 6) is 1.25. The molecule has 3 nitrogen and oxygen atoms in total. The Morgan fingerprint density at radius 2 is 2.15 bits per heavy atom. The van der Waals surface area contributed by atoms with E-state index in [9.17, 15) is 4.79 Å². The molecule has 1 saturated heterocycles. The first kappa shape index (κ1) is 14.0. The van der Waals surface area contributed by atoms with Crippen LogP contribution in [0.2, 0.25) is 0 Å². The van der Waals surface area contributed by atoms with Gasteiger partial charge in [-0.25, -0.2) is 0 Å². The highest BCUT2D eigenvalue weighted by Gasteiger charge is 2.33. The summed E-state index contributed by atoms with van der Waals surface area (Å²) in [4.78, 5) is 16.1. The van der Waals surface area contributed by atoms with E-state index >= 15 is 0 Å². The van der Waals surface area contributed by atoms with E-state index in [4.69, 9.17) is 0 Å². The van der Waals surface area contributed by atoms with Crippen molar-refractivity contribution in [2.24, 2.45) is 0 Å². The minimum absolute atomic E-state index is 0.0532. The lowest BCUT2D eigenvalue weighted by atomic mass is 9.98. The maximum absolute atomic E-state index is 12.8. The highest BCUT2D eigenvalue weighted by Crippen LogP contribution is 2.40. The number of likely N-dealkylation sites (N-methyl/N-ethyl adjacent to an activating group) is 1. The first-order valence-electron chi connectivity index (χ1n) is 7.46. The van der Waals surface area contributed by atoms with Crippen LogP contribution in [0.25, 0.3) is 0 Å². The lowest BCUT2D eigenvalue weighted by Crippen LogP contribution is -2.40. The minimum Gasteiger partial charge on any atom is -0.342 e. The summed E-state index contributed by atoms with van der Waals surface area (Å²) in [6.07, 6.45) is 3.36. The lowest BCUT2D eigenvalue weighted by molar-refractivity contribution is -0.133. The molecule has 4 heteroatoms. The van der Waals surface area contributed by atoms with Crippen LogP contribution in [0.1, 0.15) is 30.7 Å². The molecule has 0 saturated carbocycles. The number of hydrogen-bond acceptors (Lipinski definition) is 3. The van der Waals surface area contributed by atoms with Crippen molar-refractivity contribution in [3.63, 3.8) is 0 Å². The quantitative estimate of drug-likeness (QED) is 0.908. The average molecular weight is 290 g/mol. The predicted molar refractivity (Wildman–Crippen MR) is 83.2 cm³/mol. The molecule has 2 atom stereocenters. The number of thioether (sulfide) groups is 1. The molecule has 1 amide bonds. The van der Waals surface area contributed by atoms with Gasteiger partial charge in [-0.05, 0) is 44.0 Å². The Morgan fingerprint density at radius 3 is 3.05 bits per heavy atom. The van der Waals surface area contributed by atoms with E-state index in [1.54, 1.807) is 0 Å². The minimum atomic E-state index is 0.0532. The van der Waals surface area contributed by atoms with Gasteiger partial charge in [-0.3, -0.25) is 4.79 Å². The van der Waals surface area contributed by atoms with Crippen LogP contribution in [-0.4, -0.2) is 42.7 Å². The van der Waals surface area contributed by atoms with Crippen molar-refractivity contribution in [2.75, 3.05) is 25.9 Å². The second-order valence-electron chi connectivity index (χ2n) is 5.69. The second-order valence-corrected chi connectivity index (χ2v) is 6.75. The van der Waals surface area contributed by atoms with Gasteiger partial charge in [-0.15, -0.1) is 11.8 Å². The van der Waals surface area contributed by atoms with Gasteiger partial charge in [0.1, 0.15) is 0 Å². The molecular weight excluding hydrogens is 268 g/mol. The van der Waals surface area contributed by atoms with Gasteiger partial charge in [-0.2, -0.15) is 0 Å². The molecule has 3 rings (SSSR count). The number of nitrogens with zero attached hydrogens (tertiary/aromatic N) is 1. The standard InChI is InChI=1S/C16H22N2OS/c1-18(12-5-4-9-17-10-8-12)16(19)14-11-20-15-7-3-2-6-13(14)15/h2-3,6-7,12,14,17H,4-5,8-11H2,1H3. The summed E-state index contributed by atoms with van der Waals surface area (Å²) in [6.45, 7) is 2.11. The number of rotatable bonds is 2. The Bertz CT molecular complexity index is 483. The second kappa shape index (κ2) is 6.19. The zero-order valence-electron chi connectivity index (χ0n) is 12.0. The molecule has 0 aliphatic carbocycles. The van der Waals surface area contributed by atoms with E-state index in [1.807, 2.05) is 29.8 Å². The van der Waals surface area contributed by atoms with E-state index < -0.39 is 0 Å². The van der Waals surface area contributed by atoms with Crippen LogP contribution in [-0.2, 0) is 4.79 Å². The van der Waals surface area contributed by atoms with Gasteiger partial charge in [0, 0.05) is 23.7 Å². The molecule has 108 valence electrons. The monoisotopic (exact) mass is 290 g/mol. The van der Waals surface area contributed by atoms with Crippen molar-refractivity contribution >= 4 is 17.7 Å². The van der Waals surface area contributed by atoms with E-state index in [1.165, 1.54) is 10.5 Å². The molecule has 2 aliphatic heterocycles. The molecule has 1 fully saturated rings. The number of benzene rings is 1. The Labute approximate surface area is 125 Å². The third-order valence-corrected chi connectivity index (χ3v) is 5.62. The Kier molecular flexibility index (Phi) is 4.32. The normalized spacial score (nSPS) is 25.9. The molecule has 0 spiro atoms. The van der Waals surface area contributed by atoms with Crippen molar-refractivity contribution < 1.29 is 4.79 Å². The largest absolute Gasteiger partial charge is 0.342 e. The fourth-order valence-corrected chi connectivity index (χ4v) is 4.40. The zero-order chi connectivity index (χ0) is 13.9. The van der Waals surface area contributed by atoms with Crippen LogP contribution < -0.4 is 5.32 Å². The number of hydrogen-bond donors (Lipinski definition) is 1. The zero-order valence-corrected chi connectivity index (χ0v) is 12.8. The fraction of sp³-hybridized carbons (Fsp3) is 0.562. The van der Waals surface area contributed by atoms with Crippen molar-refractivity contribution in [1.82, 2.24) is 10.2 Å². The third-order valence-electron chi connectivity index (χ3n) is 4.44. The maximum Gasteiger partial charge on any atom is 0.230 e. The van der Waals surface area contributed by atoms with E-state index in [2.05, 4.69) is 23.5 Å². The Balaban J connectivity index is 1.72. The first-order chi connectivity index (χ1) is 9.77. The molecule has 0 radical (unpaired) electrons. The van der Waals surface area contributed by atoms with Crippen LogP contribution in [0.5, 0.6) is 0 Å². The van der Waals surface area contributed by atoms with Crippen LogP contribution in [0.3, 0.4) is 0 Å². The highest BCUT2D eigenvalue weighted by molar-refractivity contribution is 7.99. The topological polar surface area (TPSA) is 32.3 Å². The lowest BCUT2D eigenvalue weighted by Gasteiger charge is -2.29. The van der Waals surface area contributed by atoms with E-state index in [0.717, 1.165) is 38.1 Å². The Morgan fingerprint density at radius 1 is 1.30 bits per heavy atom. The summed E-state index contributed by atoms with van der Waals surface area (Å²) in [7, 11) is 1.99. The van der Waals surface area contributed by atoms with Crippen molar-refractivity contribution in [3.05, 3.63) is 29.8 Å². The van der Waals surface area contributed by atoms with Gasteiger partial charge in [0.15, 0.2) is 0 Å². The molecule has 0 aromatic heterocycles. The van der Waals surface area contributed by atoms with Gasteiger partial charge in [0.2, 0.25) is 5.91 Å². The molecule has 1 aromatic rings. The summed E-state index contributed by atoms with van der Waals surface area (Å²) < 4.78 is 0. The molecule has 2 aliphatic rings.